The van der Waals surface area contributed by atoms with Crippen LogP contribution in [0.15, 0.2) is 0 Å². The highest BCUT2D eigenvalue weighted by Gasteiger charge is 1.95. The Morgan fingerprint density at radius 3 is 2.00 bits per heavy atom. The number of hydrogen-bond acceptors (Lipinski definition) is 4. The standard InChI is InChI=1S/C7H17NO.H3NO/c1-6(2)8-5-4-7(3)9;1-2/h6-9H,4-5H2,1-3H3;2H,1H2. The van der Waals surface area contributed by atoms with Gasteiger partial charge in [-0.3, -0.25) is 0 Å². The highest BCUT2D eigenvalue weighted by atomic mass is 16.4. The predicted octanol–water partition coefficient (Wildman–Crippen LogP) is 0.0896. The summed E-state index contributed by atoms with van der Waals surface area (Å²) in [6.45, 7) is 6.92. The second kappa shape index (κ2) is 9.84. The largest absolute Gasteiger partial charge is 0.393 e. The topological polar surface area (TPSA) is 78.5 Å². The van der Waals surface area contributed by atoms with Crippen LogP contribution in [0.1, 0.15) is 27.2 Å². The summed E-state index contributed by atoms with van der Waals surface area (Å²) in [6, 6.07) is 0.531. The van der Waals surface area contributed by atoms with Crippen LogP contribution >= 0.6 is 0 Å². The van der Waals surface area contributed by atoms with Crippen molar-refractivity contribution in [2.75, 3.05) is 6.54 Å². The smallest absolute Gasteiger partial charge is 0.0524 e. The van der Waals surface area contributed by atoms with Gasteiger partial charge in [-0.05, 0) is 19.9 Å². The normalized spacial score (nSPS) is 12.3. The zero-order valence-electron chi connectivity index (χ0n) is 7.54. The van der Waals surface area contributed by atoms with Crippen LogP contribution in [0, 0.1) is 0 Å². The zero-order chi connectivity index (χ0) is 9.28. The van der Waals surface area contributed by atoms with E-state index in [1.807, 2.05) is 6.92 Å². The number of nitrogens with one attached hydrogen (secondary N) is 1. The molecule has 11 heavy (non-hydrogen) atoms. The van der Waals surface area contributed by atoms with E-state index < -0.39 is 0 Å². The Morgan fingerprint density at radius 1 is 1.27 bits per heavy atom. The van der Waals surface area contributed by atoms with Crippen molar-refractivity contribution in [1.82, 2.24) is 5.32 Å². The lowest BCUT2D eigenvalue weighted by Crippen LogP contribution is -2.25. The molecule has 0 radical (unpaired) electrons. The minimum Gasteiger partial charge on any atom is -0.393 e. The third-order valence-corrected chi connectivity index (χ3v) is 1.11. The quantitative estimate of drug-likeness (QED) is 0.444. The van der Waals surface area contributed by atoms with Gasteiger partial charge in [-0.1, -0.05) is 13.8 Å². The van der Waals surface area contributed by atoms with E-state index in [-0.39, 0.29) is 6.10 Å². The molecule has 0 fully saturated rings. The highest BCUT2D eigenvalue weighted by Crippen LogP contribution is 1.86. The molecule has 0 aliphatic rings. The van der Waals surface area contributed by atoms with Crippen molar-refractivity contribution >= 4 is 0 Å². The highest BCUT2D eigenvalue weighted by molar-refractivity contribution is 4.54. The van der Waals surface area contributed by atoms with E-state index in [1.165, 1.54) is 0 Å². The van der Waals surface area contributed by atoms with Gasteiger partial charge in [0, 0.05) is 6.04 Å². The van der Waals surface area contributed by atoms with E-state index in [1.54, 1.807) is 0 Å². The maximum atomic E-state index is 8.83. The lowest BCUT2D eigenvalue weighted by Gasteiger charge is -2.08. The Bertz CT molecular complexity index is 59.5. The molecule has 0 aromatic rings. The van der Waals surface area contributed by atoms with Crippen molar-refractivity contribution < 1.29 is 10.3 Å². The molecule has 0 amide bonds. The molecule has 0 spiro atoms. The zero-order valence-corrected chi connectivity index (χ0v) is 7.54. The van der Waals surface area contributed by atoms with Gasteiger partial charge in [0.05, 0.1) is 6.10 Å². The number of aliphatic hydroxyl groups is 1. The minimum absolute atomic E-state index is 0.170. The Balaban J connectivity index is 0. The first kappa shape index (κ1) is 13.4. The van der Waals surface area contributed by atoms with Crippen molar-refractivity contribution in [3.05, 3.63) is 0 Å². The number of aliphatic hydroxyl groups excluding tert-OH is 1. The van der Waals surface area contributed by atoms with Gasteiger partial charge in [-0.2, -0.15) is 0 Å². The second-order valence-corrected chi connectivity index (χ2v) is 2.75. The van der Waals surface area contributed by atoms with Crippen LogP contribution in [0.3, 0.4) is 0 Å². The number of rotatable bonds is 4. The van der Waals surface area contributed by atoms with E-state index in [0.717, 1.165) is 13.0 Å². The van der Waals surface area contributed by atoms with E-state index in [4.69, 9.17) is 10.3 Å². The summed E-state index contributed by atoms with van der Waals surface area (Å²) in [7, 11) is 0. The molecule has 5 N–H and O–H groups in total. The van der Waals surface area contributed by atoms with Gasteiger partial charge in [-0.15, -0.1) is 0 Å². The summed E-state index contributed by atoms with van der Waals surface area (Å²) in [5.41, 5.74) is 0. The Morgan fingerprint density at radius 2 is 1.73 bits per heavy atom. The van der Waals surface area contributed by atoms with Crippen molar-refractivity contribution in [1.29, 1.82) is 0 Å². The Labute approximate surface area is 68.4 Å². The summed E-state index contributed by atoms with van der Waals surface area (Å²) in [5, 5.41) is 18.5. The van der Waals surface area contributed by atoms with Gasteiger partial charge in [-0.25, -0.2) is 5.90 Å². The molecule has 0 saturated heterocycles. The molecule has 1 unspecified atom stereocenters. The molecule has 0 aliphatic heterocycles. The molecule has 0 aliphatic carbocycles. The van der Waals surface area contributed by atoms with Crippen molar-refractivity contribution in [3.63, 3.8) is 0 Å². The lowest BCUT2D eigenvalue weighted by atomic mass is 10.3. The third kappa shape index (κ3) is 17.7. The van der Waals surface area contributed by atoms with Gasteiger partial charge in [0.1, 0.15) is 0 Å². The van der Waals surface area contributed by atoms with Crippen LogP contribution in [-0.2, 0) is 0 Å². The van der Waals surface area contributed by atoms with Crippen LogP contribution in [-0.4, -0.2) is 29.0 Å². The fourth-order valence-corrected chi connectivity index (χ4v) is 0.581. The molecular formula is C7H20N2O2. The molecule has 0 aromatic carbocycles. The van der Waals surface area contributed by atoms with Gasteiger partial charge < -0.3 is 15.6 Å². The molecule has 0 aromatic heterocycles. The van der Waals surface area contributed by atoms with Gasteiger partial charge >= 0.3 is 0 Å². The summed E-state index contributed by atoms with van der Waals surface area (Å²) < 4.78 is 0. The SMILES string of the molecule is CC(O)CCNC(C)C.NO. The first-order valence-electron chi connectivity index (χ1n) is 3.80. The summed E-state index contributed by atoms with van der Waals surface area (Å²) in [4.78, 5) is 0. The molecule has 4 heteroatoms. The lowest BCUT2D eigenvalue weighted by molar-refractivity contribution is 0.183. The average Bonchev–Trinajstić information content (AvgIpc) is 1.90. The molecule has 0 rings (SSSR count). The molecule has 0 heterocycles. The number of nitrogens with two attached hydrogens (primary N) is 1. The molecule has 1 atom stereocenters. The van der Waals surface area contributed by atoms with Crippen LogP contribution in [0.2, 0.25) is 0 Å². The number of hydrogen-bond donors (Lipinski definition) is 4. The molecular weight excluding hydrogens is 144 g/mol. The van der Waals surface area contributed by atoms with E-state index in [9.17, 15) is 0 Å². The average molecular weight is 164 g/mol. The Kier molecular flexibility index (Phi) is 12.0. The second-order valence-electron chi connectivity index (χ2n) is 2.75. The Hall–Kier alpha value is -0.160. The molecule has 0 saturated carbocycles. The van der Waals surface area contributed by atoms with Crippen molar-refractivity contribution in [2.45, 2.75) is 39.3 Å². The monoisotopic (exact) mass is 164 g/mol. The minimum atomic E-state index is -0.170. The van der Waals surface area contributed by atoms with Gasteiger partial charge in [0.25, 0.3) is 0 Å². The van der Waals surface area contributed by atoms with Crippen molar-refractivity contribution in [3.8, 4) is 0 Å². The third-order valence-electron chi connectivity index (χ3n) is 1.11. The maximum Gasteiger partial charge on any atom is 0.0524 e. The summed E-state index contributed by atoms with van der Waals surface area (Å²) in [5.74, 6) is 3.50. The van der Waals surface area contributed by atoms with Gasteiger partial charge in [0.2, 0.25) is 0 Å². The van der Waals surface area contributed by atoms with Crippen molar-refractivity contribution in [2.24, 2.45) is 5.90 Å². The fraction of sp³-hybridized carbons (Fsp3) is 1.00. The van der Waals surface area contributed by atoms with Crippen LogP contribution in [0.4, 0.5) is 0 Å². The molecule has 0 bridgehead atoms. The van der Waals surface area contributed by atoms with E-state index in [0.29, 0.717) is 6.04 Å². The van der Waals surface area contributed by atoms with Crippen LogP contribution in [0.25, 0.3) is 0 Å². The fourth-order valence-electron chi connectivity index (χ4n) is 0.581. The summed E-state index contributed by atoms with van der Waals surface area (Å²) in [6.07, 6.45) is 0.675. The van der Waals surface area contributed by atoms with Crippen LogP contribution in [0.5, 0.6) is 0 Å². The maximum absolute atomic E-state index is 8.83. The first-order chi connectivity index (χ1) is 5.13. The summed E-state index contributed by atoms with van der Waals surface area (Å²) >= 11 is 0. The van der Waals surface area contributed by atoms with Crippen LogP contribution < -0.4 is 11.2 Å². The van der Waals surface area contributed by atoms with E-state index >= 15 is 0 Å². The predicted molar refractivity (Wildman–Crippen MR) is 45.4 cm³/mol. The van der Waals surface area contributed by atoms with Gasteiger partial charge in [0.15, 0.2) is 0 Å². The molecule has 4 nitrogen and oxygen atoms in total. The molecule has 70 valence electrons. The first-order valence-corrected chi connectivity index (χ1v) is 3.80. The van der Waals surface area contributed by atoms with E-state index in [2.05, 4.69) is 25.1 Å².